The largest absolute Gasteiger partial charge is 0.546 e. The van der Waals surface area contributed by atoms with Gasteiger partial charge in [0, 0.05) is 24.4 Å². The highest BCUT2D eigenvalue weighted by Crippen LogP contribution is 2.32. The van der Waals surface area contributed by atoms with Crippen molar-refractivity contribution in [2.75, 3.05) is 6.61 Å². The van der Waals surface area contributed by atoms with Gasteiger partial charge in [0.15, 0.2) is 11.3 Å². The number of hydrogen-bond donors (Lipinski definition) is 1. The summed E-state index contributed by atoms with van der Waals surface area (Å²) >= 11 is 0. The Labute approximate surface area is 115 Å². The van der Waals surface area contributed by atoms with Gasteiger partial charge in [-0.3, -0.25) is 4.79 Å². The molecule has 0 fully saturated rings. The van der Waals surface area contributed by atoms with Gasteiger partial charge in [-0.05, 0) is 13.0 Å². The molecule has 0 spiro atoms. The number of amides is 1. The lowest BCUT2D eigenvalue weighted by molar-refractivity contribution is -0.307. The van der Waals surface area contributed by atoms with Crippen LogP contribution in [0.2, 0.25) is 0 Å². The van der Waals surface area contributed by atoms with E-state index < -0.39 is 12.6 Å². The fraction of sp³-hybridized carbons (Fsp3) is 0.286. The minimum atomic E-state index is -1.30. The van der Waals surface area contributed by atoms with Gasteiger partial charge in [0.1, 0.15) is 12.4 Å². The standard InChI is InChI=1S/C14H15NO5/c1-8-11(6-15-9(2)16)10-4-3-5-12(14(10)20-8)19-7-13(17)18/h3-5H,6-7H2,1-2H3,(H,15,16)(H,17,18)/p-1. The highest BCUT2D eigenvalue weighted by molar-refractivity contribution is 5.88. The van der Waals surface area contributed by atoms with Crippen LogP contribution in [0.3, 0.4) is 0 Å². The van der Waals surface area contributed by atoms with Crippen LogP contribution in [0.4, 0.5) is 0 Å². The number of carbonyl (C=O) groups is 2. The minimum Gasteiger partial charge on any atom is -0.546 e. The van der Waals surface area contributed by atoms with Crippen molar-refractivity contribution in [2.24, 2.45) is 0 Å². The van der Waals surface area contributed by atoms with Crippen molar-refractivity contribution in [3.05, 3.63) is 29.5 Å². The van der Waals surface area contributed by atoms with Gasteiger partial charge >= 0.3 is 0 Å². The number of hydrogen-bond acceptors (Lipinski definition) is 5. The second-order valence-corrected chi connectivity index (χ2v) is 4.34. The summed E-state index contributed by atoms with van der Waals surface area (Å²) in [5, 5.41) is 13.9. The number of rotatable bonds is 5. The molecule has 1 aromatic heterocycles. The van der Waals surface area contributed by atoms with Gasteiger partial charge in [0.05, 0.1) is 5.97 Å². The normalized spacial score (nSPS) is 10.5. The number of nitrogens with one attached hydrogen (secondary N) is 1. The van der Waals surface area contributed by atoms with Gasteiger partial charge in [-0.15, -0.1) is 0 Å². The van der Waals surface area contributed by atoms with Crippen LogP contribution in [0.1, 0.15) is 18.2 Å². The summed E-state index contributed by atoms with van der Waals surface area (Å²) in [5.41, 5.74) is 1.31. The Bertz CT molecular complexity index is 659. The first-order valence-corrected chi connectivity index (χ1v) is 6.07. The van der Waals surface area contributed by atoms with Crippen molar-refractivity contribution in [3.8, 4) is 5.75 Å². The van der Waals surface area contributed by atoms with Crippen LogP contribution in [0.5, 0.6) is 5.75 Å². The fourth-order valence-electron chi connectivity index (χ4n) is 1.95. The Hall–Kier alpha value is -2.50. The molecule has 1 aromatic carbocycles. The maximum atomic E-state index is 11.0. The molecule has 1 heterocycles. The predicted octanol–water partition coefficient (Wildman–Crippen LogP) is 0.506. The molecule has 0 radical (unpaired) electrons. The van der Waals surface area contributed by atoms with Gasteiger partial charge in [-0.25, -0.2) is 0 Å². The smallest absolute Gasteiger partial charge is 0.217 e. The van der Waals surface area contributed by atoms with Crippen molar-refractivity contribution < 1.29 is 23.8 Å². The topological polar surface area (TPSA) is 91.6 Å². The molecule has 6 nitrogen and oxygen atoms in total. The maximum absolute atomic E-state index is 11.0. The number of ether oxygens (including phenoxy) is 1. The minimum absolute atomic E-state index is 0.136. The maximum Gasteiger partial charge on any atom is 0.217 e. The number of aliphatic carboxylic acids is 1. The van der Waals surface area contributed by atoms with Crippen LogP contribution >= 0.6 is 0 Å². The zero-order valence-corrected chi connectivity index (χ0v) is 11.2. The molecular formula is C14H14NO5-. The highest BCUT2D eigenvalue weighted by Gasteiger charge is 2.14. The van der Waals surface area contributed by atoms with Crippen LogP contribution in [0.25, 0.3) is 11.0 Å². The van der Waals surface area contributed by atoms with E-state index in [-0.39, 0.29) is 5.91 Å². The summed E-state index contributed by atoms with van der Waals surface area (Å²) in [6.07, 6.45) is 0. The Balaban J connectivity index is 2.36. The average molecular weight is 276 g/mol. The van der Waals surface area contributed by atoms with Crippen LogP contribution in [-0.2, 0) is 16.1 Å². The lowest BCUT2D eigenvalue weighted by Gasteiger charge is -2.06. The van der Waals surface area contributed by atoms with Gasteiger partial charge in [-0.1, -0.05) is 12.1 Å². The van der Waals surface area contributed by atoms with Crippen LogP contribution in [0.15, 0.2) is 22.6 Å². The van der Waals surface area contributed by atoms with Crippen molar-refractivity contribution in [3.63, 3.8) is 0 Å². The van der Waals surface area contributed by atoms with E-state index >= 15 is 0 Å². The first kappa shape index (κ1) is 13.9. The van der Waals surface area contributed by atoms with E-state index in [1.165, 1.54) is 6.92 Å². The van der Waals surface area contributed by atoms with Crippen LogP contribution in [-0.4, -0.2) is 18.5 Å². The molecule has 106 valence electrons. The molecular weight excluding hydrogens is 262 g/mol. The summed E-state index contributed by atoms with van der Waals surface area (Å²) in [6.45, 7) is 3.02. The zero-order valence-electron chi connectivity index (χ0n) is 11.2. The SMILES string of the molecule is CC(=O)NCc1c(C)oc2c(OCC(=O)[O-])cccc12. The Morgan fingerprint density at radius 2 is 2.15 bits per heavy atom. The van der Waals surface area contributed by atoms with Crippen molar-refractivity contribution in [2.45, 2.75) is 20.4 Å². The van der Waals surface area contributed by atoms with E-state index in [9.17, 15) is 14.7 Å². The van der Waals surface area contributed by atoms with E-state index in [1.54, 1.807) is 19.1 Å². The molecule has 20 heavy (non-hydrogen) atoms. The molecule has 2 rings (SSSR count). The molecule has 0 aliphatic carbocycles. The summed E-state index contributed by atoms with van der Waals surface area (Å²) < 4.78 is 10.7. The molecule has 0 bridgehead atoms. The molecule has 0 atom stereocenters. The van der Waals surface area contributed by atoms with Gasteiger partial charge in [-0.2, -0.15) is 0 Å². The van der Waals surface area contributed by atoms with E-state index in [2.05, 4.69) is 5.32 Å². The zero-order chi connectivity index (χ0) is 14.7. The predicted molar refractivity (Wildman–Crippen MR) is 69.0 cm³/mol. The molecule has 2 aromatic rings. The van der Waals surface area contributed by atoms with Gasteiger partial charge in [0.2, 0.25) is 5.91 Å². The fourth-order valence-corrected chi connectivity index (χ4v) is 1.95. The van der Waals surface area contributed by atoms with Crippen molar-refractivity contribution in [1.29, 1.82) is 0 Å². The number of aryl methyl sites for hydroxylation is 1. The first-order chi connectivity index (χ1) is 9.49. The highest BCUT2D eigenvalue weighted by atomic mass is 16.5. The summed E-state index contributed by atoms with van der Waals surface area (Å²) in [6, 6.07) is 5.18. The quantitative estimate of drug-likeness (QED) is 0.858. The molecule has 1 amide bonds. The van der Waals surface area contributed by atoms with Crippen LogP contribution < -0.4 is 15.2 Å². The molecule has 0 saturated carbocycles. The summed E-state index contributed by atoms with van der Waals surface area (Å²) in [7, 11) is 0. The Morgan fingerprint density at radius 3 is 2.80 bits per heavy atom. The molecule has 6 heteroatoms. The lowest BCUT2D eigenvalue weighted by atomic mass is 10.1. The lowest BCUT2D eigenvalue weighted by Crippen LogP contribution is -2.28. The molecule has 0 aliphatic rings. The monoisotopic (exact) mass is 276 g/mol. The van der Waals surface area contributed by atoms with Gasteiger partial charge in [0.25, 0.3) is 0 Å². The Morgan fingerprint density at radius 1 is 1.40 bits per heavy atom. The third-order valence-electron chi connectivity index (χ3n) is 2.84. The number of benzene rings is 1. The second kappa shape index (κ2) is 5.64. The van der Waals surface area contributed by atoms with E-state index in [0.717, 1.165) is 10.9 Å². The number of carboxylic acid groups (broad SMARTS) is 1. The molecule has 0 aliphatic heterocycles. The number of carboxylic acids is 1. The number of furan rings is 1. The third kappa shape index (κ3) is 2.90. The number of fused-ring (bicyclic) bond motifs is 1. The third-order valence-corrected chi connectivity index (χ3v) is 2.84. The molecule has 0 saturated heterocycles. The number of carbonyl (C=O) groups excluding carboxylic acids is 2. The summed E-state index contributed by atoms with van der Waals surface area (Å²) in [4.78, 5) is 21.4. The van der Waals surface area contributed by atoms with E-state index in [1.807, 2.05) is 6.07 Å². The first-order valence-electron chi connectivity index (χ1n) is 6.07. The second-order valence-electron chi connectivity index (χ2n) is 4.34. The number of para-hydroxylation sites is 1. The van der Waals surface area contributed by atoms with Gasteiger partial charge < -0.3 is 24.4 Å². The van der Waals surface area contributed by atoms with E-state index in [0.29, 0.717) is 23.6 Å². The van der Waals surface area contributed by atoms with E-state index in [4.69, 9.17) is 9.15 Å². The summed E-state index contributed by atoms with van der Waals surface area (Å²) in [5.74, 6) is -0.450. The average Bonchev–Trinajstić information content (AvgIpc) is 2.70. The molecule has 1 N–H and O–H groups in total. The van der Waals surface area contributed by atoms with Crippen molar-refractivity contribution in [1.82, 2.24) is 5.32 Å². The van der Waals surface area contributed by atoms with Crippen LogP contribution in [0, 0.1) is 6.92 Å². The Kier molecular flexibility index (Phi) is 3.93. The molecule has 0 unspecified atom stereocenters. The van der Waals surface area contributed by atoms with Crippen molar-refractivity contribution >= 4 is 22.8 Å².